The van der Waals surface area contributed by atoms with E-state index in [-0.39, 0.29) is 6.03 Å². The average molecular weight is 245 g/mol. The van der Waals surface area contributed by atoms with Crippen molar-refractivity contribution in [2.45, 2.75) is 25.7 Å². The molecule has 2 aliphatic heterocycles. The third-order valence-electron chi connectivity index (χ3n) is 3.73. The van der Waals surface area contributed by atoms with Crippen molar-refractivity contribution in [3.8, 4) is 0 Å². The van der Waals surface area contributed by atoms with E-state index in [1.165, 1.54) is 11.3 Å². The van der Waals surface area contributed by atoms with Crippen LogP contribution in [-0.2, 0) is 6.42 Å². The molecule has 1 saturated heterocycles. The lowest BCUT2D eigenvalue weighted by molar-refractivity contribution is 0.222. The van der Waals surface area contributed by atoms with Gasteiger partial charge in [0.15, 0.2) is 0 Å². The van der Waals surface area contributed by atoms with Crippen molar-refractivity contribution in [3.63, 3.8) is 0 Å². The summed E-state index contributed by atoms with van der Waals surface area (Å²) in [4.78, 5) is 14.0. The summed E-state index contributed by atoms with van der Waals surface area (Å²) in [5.74, 6) is 0. The molecule has 0 aliphatic carbocycles. The van der Waals surface area contributed by atoms with E-state index in [4.69, 9.17) is 0 Å². The second-order valence-corrected chi connectivity index (χ2v) is 4.99. The van der Waals surface area contributed by atoms with Crippen LogP contribution in [0, 0.1) is 0 Å². The van der Waals surface area contributed by atoms with Gasteiger partial charge < -0.3 is 15.5 Å². The second-order valence-electron chi connectivity index (χ2n) is 4.99. The molecule has 1 aromatic carbocycles. The van der Waals surface area contributed by atoms with Gasteiger partial charge in [0.2, 0.25) is 0 Å². The predicted molar refractivity (Wildman–Crippen MR) is 73.1 cm³/mol. The lowest BCUT2D eigenvalue weighted by Gasteiger charge is -2.23. The van der Waals surface area contributed by atoms with Crippen LogP contribution >= 0.6 is 0 Å². The molecule has 0 bridgehead atoms. The van der Waals surface area contributed by atoms with Crippen molar-refractivity contribution in [3.05, 3.63) is 23.8 Å². The third-order valence-corrected chi connectivity index (χ3v) is 3.73. The van der Waals surface area contributed by atoms with E-state index >= 15 is 0 Å². The van der Waals surface area contributed by atoms with Crippen LogP contribution in [0.3, 0.4) is 0 Å². The quantitative estimate of drug-likeness (QED) is 0.799. The van der Waals surface area contributed by atoms with Crippen molar-refractivity contribution in [2.24, 2.45) is 0 Å². The van der Waals surface area contributed by atoms with Crippen LogP contribution in [0.1, 0.15) is 24.8 Å². The first-order valence-electron chi connectivity index (χ1n) is 6.76. The largest absolute Gasteiger partial charge is 0.385 e. The van der Waals surface area contributed by atoms with E-state index in [1.54, 1.807) is 0 Å². The molecule has 2 N–H and O–H groups in total. The third kappa shape index (κ3) is 2.15. The summed E-state index contributed by atoms with van der Waals surface area (Å²) in [6.45, 7) is 2.80. The van der Waals surface area contributed by atoms with Gasteiger partial charge in [0.25, 0.3) is 0 Å². The number of rotatable bonds is 1. The lowest BCUT2D eigenvalue weighted by atomic mass is 10.0. The monoisotopic (exact) mass is 245 g/mol. The summed E-state index contributed by atoms with van der Waals surface area (Å²) in [5.41, 5.74) is 3.38. The number of hydrogen-bond donors (Lipinski definition) is 2. The topological polar surface area (TPSA) is 44.4 Å². The predicted octanol–water partition coefficient (Wildman–Crippen LogP) is 2.67. The summed E-state index contributed by atoms with van der Waals surface area (Å²) >= 11 is 0. The van der Waals surface area contributed by atoms with Crippen LogP contribution < -0.4 is 10.6 Å². The average Bonchev–Trinajstić information content (AvgIpc) is 2.93. The Morgan fingerprint density at radius 1 is 1.22 bits per heavy atom. The normalized spacial score (nSPS) is 18.1. The van der Waals surface area contributed by atoms with Gasteiger partial charge in [-0.3, -0.25) is 0 Å². The van der Waals surface area contributed by atoms with Gasteiger partial charge in [0.1, 0.15) is 0 Å². The minimum atomic E-state index is 0.0477. The van der Waals surface area contributed by atoms with Crippen LogP contribution in [0.5, 0.6) is 0 Å². The van der Waals surface area contributed by atoms with Crippen molar-refractivity contribution in [2.75, 3.05) is 30.3 Å². The van der Waals surface area contributed by atoms with Gasteiger partial charge in [-0.05, 0) is 43.4 Å². The van der Waals surface area contributed by atoms with Gasteiger partial charge in [-0.25, -0.2) is 4.79 Å². The molecule has 2 amide bonds. The maximum atomic E-state index is 12.1. The van der Waals surface area contributed by atoms with Crippen molar-refractivity contribution in [1.82, 2.24) is 4.90 Å². The van der Waals surface area contributed by atoms with Crippen LogP contribution in [0.15, 0.2) is 18.2 Å². The number of urea groups is 1. The summed E-state index contributed by atoms with van der Waals surface area (Å²) in [5, 5.41) is 6.44. The number of nitrogens with one attached hydrogen (secondary N) is 2. The molecule has 4 heteroatoms. The van der Waals surface area contributed by atoms with Crippen LogP contribution in [0.25, 0.3) is 0 Å². The number of amides is 2. The Labute approximate surface area is 107 Å². The van der Waals surface area contributed by atoms with E-state index in [2.05, 4.69) is 16.7 Å². The molecular formula is C14H19N3O. The molecule has 4 nitrogen and oxygen atoms in total. The van der Waals surface area contributed by atoms with E-state index in [0.717, 1.165) is 51.0 Å². The summed E-state index contributed by atoms with van der Waals surface area (Å²) in [6, 6.07) is 6.13. The molecule has 3 rings (SSSR count). The highest BCUT2D eigenvalue weighted by atomic mass is 16.2. The second kappa shape index (κ2) is 4.88. The summed E-state index contributed by atoms with van der Waals surface area (Å²) in [7, 11) is 0. The molecule has 1 fully saturated rings. The molecule has 0 unspecified atom stereocenters. The van der Waals surface area contributed by atoms with E-state index in [9.17, 15) is 4.79 Å². The van der Waals surface area contributed by atoms with Gasteiger partial charge in [0, 0.05) is 31.0 Å². The number of hydrogen-bond acceptors (Lipinski definition) is 2. The Hall–Kier alpha value is -1.71. The fraction of sp³-hybridized carbons (Fsp3) is 0.500. The van der Waals surface area contributed by atoms with Crippen LogP contribution in [0.4, 0.5) is 16.2 Å². The van der Waals surface area contributed by atoms with E-state index in [1.807, 2.05) is 17.0 Å². The first kappa shape index (κ1) is 11.4. The Morgan fingerprint density at radius 3 is 2.89 bits per heavy atom. The van der Waals surface area contributed by atoms with Crippen LogP contribution in [-0.4, -0.2) is 30.6 Å². The standard InChI is InChI=1S/C14H19N3O/c18-14(17-9-1-2-10-17)16-13-7-3-6-12-11(13)5-4-8-15-12/h3,6-7,15H,1-2,4-5,8-10H2,(H,16,18). The maximum Gasteiger partial charge on any atom is 0.321 e. The van der Waals surface area contributed by atoms with Gasteiger partial charge >= 0.3 is 6.03 Å². The highest BCUT2D eigenvalue weighted by Crippen LogP contribution is 2.29. The Bertz CT molecular complexity index is 452. The molecule has 1 aromatic rings. The Balaban J connectivity index is 1.77. The van der Waals surface area contributed by atoms with Crippen LogP contribution in [0.2, 0.25) is 0 Å². The van der Waals surface area contributed by atoms with Crippen molar-refractivity contribution < 1.29 is 4.79 Å². The number of nitrogens with zero attached hydrogens (tertiary/aromatic N) is 1. The smallest absolute Gasteiger partial charge is 0.321 e. The molecule has 2 heterocycles. The van der Waals surface area contributed by atoms with Gasteiger partial charge in [-0.15, -0.1) is 0 Å². The molecule has 0 saturated carbocycles. The lowest BCUT2D eigenvalue weighted by Crippen LogP contribution is -2.32. The first-order valence-corrected chi connectivity index (χ1v) is 6.76. The molecule has 0 spiro atoms. The van der Waals surface area contributed by atoms with Crippen molar-refractivity contribution >= 4 is 17.4 Å². The number of benzene rings is 1. The molecule has 0 aromatic heterocycles. The molecule has 0 radical (unpaired) electrons. The minimum Gasteiger partial charge on any atom is -0.385 e. The van der Waals surface area contributed by atoms with Gasteiger partial charge in [-0.1, -0.05) is 6.07 Å². The SMILES string of the molecule is O=C(Nc1cccc2c1CCCN2)N1CCCC1. The fourth-order valence-electron chi connectivity index (χ4n) is 2.74. The van der Waals surface area contributed by atoms with Gasteiger partial charge in [-0.2, -0.15) is 0 Å². The molecule has 0 atom stereocenters. The highest BCUT2D eigenvalue weighted by molar-refractivity contribution is 5.91. The highest BCUT2D eigenvalue weighted by Gasteiger charge is 2.20. The minimum absolute atomic E-state index is 0.0477. The molecular weight excluding hydrogens is 226 g/mol. The van der Waals surface area contributed by atoms with Crippen molar-refractivity contribution in [1.29, 1.82) is 0 Å². The maximum absolute atomic E-state index is 12.1. The molecule has 2 aliphatic rings. The molecule has 96 valence electrons. The Kier molecular flexibility index (Phi) is 3.09. The zero-order valence-electron chi connectivity index (χ0n) is 10.5. The number of anilines is 2. The molecule has 18 heavy (non-hydrogen) atoms. The van der Waals surface area contributed by atoms with Gasteiger partial charge in [0.05, 0.1) is 0 Å². The first-order chi connectivity index (χ1) is 8.84. The zero-order chi connectivity index (χ0) is 12.4. The van der Waals surface area contributed by atoms with E-state index < -0.39 is 0 Å². The Morgan fingerprint density at radius 2 is 2.06 bits per heavy atom. The number of likely N-dealkylation sites (tertiary alicyclic amines) is 1. The summed E-state index contributed by atoms with van der Waals surface area (Å²) < 4.78 is 0. The fourth-order valence-corrected chi connectivity index (χ4v) is 2.74. The number of carbonyl (C=O) groups is 1. The zero-order valence-corrected chi connectivity index (χ0v) is 10.5. The summed E-state index contributed by atoms with van der Waals surface area (Å²) in [6.07, 6.45) is 4.42. The number of fused-ring (bicyclic) bond motifs is 1. The number of carbonyl (C=O) groups excluding carboxylic acids is 1. The van der Waals surface area contributed by atoms with E-state index in [0.29, 0.717) is 0 Å².